The smallest absolute Gasteiger partial charge is 0.228 e. The summed E-state index contributed by atoms with van der Waals surface area (Å²) >= 11 is 0. The second-order valence-corrected chi connectivity index (χ2v) is 8.66. The van der Waals surface area contributed by atoms with Crippen molar-refractivity contribution in [3.8, 4) is 0 Å². The molecule has 8 nitrogen and oxygen atoms in total. The lowest BCUT2D eigenvalue weighted by Crippen LogP contribution is -2.41. The monoisotopic (exact) mass is 352 g/mol. The summed E-state index contributed by atoms with van der Waals surface area (Å²) in [5.74, 6) is 0. The number of nitro groups is 2. The van der Waals surface area contributed by atoms with E-state index in [2.05, 4.69) is 0 Å². The van der Waals surface area contributed by atoms with Crippen molar-refractivity contribution in [2.24, 2.45) is 0 Å². The van der Waals surface area contributed by atoms with Crippen molar-refractivity contribution in [3.63, 3.8) is 0 Å². The highest BCUT2D eigenvalue weighted by atomic mass is 33.1. The van der Waals surface area contributed by atoms with Crippen LogP contribution < -0.4 is 0 Å². The maximum absolute atomic E-state index is 11.1. The SMILES string of the molecule is O=[N+]([O-])[C@@H]1C[C@H](O)CC[C@H]1SS[C@@H]1CC[C@H](O)C[C@@H]1[N+](=O)[O-]. The van der Waals surface area contributed by atoms with E-state index in [4.69, 9.17) is 0 Å². The minimum atomic E-state index is -0.801. The van der Waals surface area contributed by atoms with Crippen LogP contribution in [0.1, 0.15) is 38.5 Å². The normalized spacial score (nSPS) is 39.4. The molecule has 2 rings (SSSR count). The lowest BCUT2D eigenvalue weighted by molar-refractivity contribution is -0.526. The first-order valence-electron chi connectivity index (χ1n) is 7.33. The highest BCUT2D eigenvalue weighted by molar-refractivity contribution is 8.77. The number of hydrogen-bond acceptors (Lipinski definition) is 8. The summed E-state index contributed by atoms with van der Waals surface area (Å²) in [4.78, 5) is 21.5. The minimum Gasteiger partial charge on any atom is -0.393 e. The second-order valence-electron chi connectivity index (χ2n) is 5.91. The molecule has 2 aliphatic carbocycles. The van der Waals surface area contributed by atoms with Crippen LogP contribution in [-0.4, -0.2) is 54.9 Å². The number of aliphatic hydroxyl groups is 2. The Kier molecular flexibility index (Phi) is 6.30. The van der Waals surface area contributed by atoms with Crippen molar-refractivity contribution >= 4 is 21.6 Å². The fraction of sp³-hybridized carbons (Fsp3) is 1.00. The first kappa shape index (κ1) is 17.8. The van der Waals surface area contributed by atoms with Crippen molar-refractivity contribution in [1.82, 2.24) is 0 Å². The summed E-state index contributed by atoms with van der Waals surface area (Å²) < 4.78 is 0. The van der Waals surface area contributed by atoms with Gasteiger partial charge in [-0.15, -0.1) is 0 Å². The standard InChI is InChI=1S/C12H20N2O6S2/c15-7-1-3-11(9(5-7)13(17)18)21-22-12-4-2-8(16)6-10(12)14(19)20/h7-12,15-16H,1-6H2/t7-,8+,9-,10+,11-,12-/m1/s1. The average molecular weight is 352 g/mol. The van der Waals surface area contributed by atoms with Gasteiger partial charge in [0.25, 0.3) is 0 Å². The van der Waals surface area contributed by atoms with Crippen LogP contribution in [0, 0.1) is 20.2 Å². The van der Waals surface area contributed by atoms with Gasteiger partial charge in [-0.2, -0.15) is 0 Å². The molecule has 0 aromatic rings. The van der Waals surface area contributed by atoms with Crippen LogP contribution in [0.3, 0.4) is 0 Å². The van der Waals surface area contributed by atoms with Crippen molar-refractivity contribution in [1.29, 1.82) is 0 Å². The van der Waals surface area contributed by atoms with E-state index >= 15 is 0 Å². The van der Waals surface area contributed by atoms with Crippen molar-refractivity contribution in [3.05, 3.63) is 20.2 Å². The van der Waals surface area contributed by atoms with Gasteiger partial charge in [0, 0.05) is 22.7 Å². The molecule has 0 unspecified atom stereocenters. The Hall–Kier alpha value is -0.580. The Morgan fingerprint density at radius 3 is 1.45 bits per heavy atom. The second kappa shape index (κ2) is 7.80. The molecule has 10 heteroatoms. The molecule has 6 atom stereocenters. The van der Waals surface area contributed by atoms with Gasteiger partial charge in [-0.1, -0.05) is 21.6 Å². The van der Waals surface area contributed by atoms with E-state index in [1.54, 1.807) is 0 Å². The fourth-order valence-corrected chi connectivity index (χ4v) is 6.64. The molecule has 0 saturated heterocycles. The van der Waals surface area contributed by atoms with E-state index in [0.717, 1.165) is 0 Å². The highest BCUT2D eigenvalue weighted by Crippen LogP contribution is 2.43. The van der Waals surface area contributed by atoms with Gasteiger partial charge in [0.15, 0.2) is 0 Å². The Morgan fingerprint density at radius 1 is 0.773 bits per heavy atom. The maximum atomic E-state index is 11.1. The molecule has 2 fully saturated rings. The average Bonchev–Trinajstić information content (AvgIpc) is 2.46. The van der Waals surface area contributed by atoms with Gasteiger partial charge in [0.05, 0.1) is 22.7 Å². The molecule has 22 heavy (non-hydrogen) atoms. The molecule has 126 valence electrons. The first-order valence-corrected chi connectivity index (χ1v) is 9.61. The van der Waals surface area contributed by atoms with E-state index in [9.17, 15) is 30.4 Å². The lowest BCUT2D eigenvalue weighted by atomic mass is 9.93. The number of rotatable bonds is 5. The molecule has 0 amide bonds. The molecule has 0 bridgehead atoms. The zero-order valence-corrected chi connectivity index (χ0v) is 13.6. The van der Waals surface area contributed by atoms with Gasteiger partial charge < -0.3 is 10.2 Å². The molecular formula is C12H20N2O6S2. The summed E-state index contributed by atoms with van der Waals surface area (Å²) in [5.41, 5.74) is 0. The molecule has 0 heterocycles. The van der Waals surface area contributed by atoms with Crippen molar-refractivity contribution < 1.29 is 20.1 Å². The summed E-state index contributed by atoms with van der Waals surface area (Å²) in [6, 6.07) is -1.60. The van der Waals surface area contributed by atoms with Crippen LogP contribution in [0.5, 0.6) is 0 Å². The molecule has 0 aromatic heterocycles. The molecular weight excluding hydrogens is 332 g/mol. The summed E-state index contributed by atoms with van der Waals surface area (Å²) in [6.07, 6.45) is 1.18. The zero-order chi connectivity index (χ0) is 16.3. The van der Waals surface area contributed by atoms with E-state index in [0.29, 0.717) is 25.7 Å². The largest absolute Gasteiger partial charge is 0.393 e. The zero-order valence-electron chi connectivity index (χ0n) is 11.9. The lowest BCUT2D eigenvalue weighted by Gasteiger charge is -2.31. The van der Waals surface area contributed by atoms with Gasteiger partial charge in [-0.05, 0) is 25.7 Å². The molecule has 0 aliphatic heterocycles. The third-order valence-electron chi connectivity index (χ3n) is 4.30. The van der Waals surface area contributed by atoms with Crippen LogP contribution in [0.4, 0.5) is 0 Å². The summed E-state index contributed by atoms with van der Waals surface area (Å²) in [5, 5.41) is 40.9. The van der Waals surface area contributed by atoms with Crippen LogP contribution in [0.25, 0.3) is 0 Å². The number of aliphatic hydroxyl groups excluding tert-OH is 2. The van der Waals surface area contributed by atoms with Crippen LogP contribution >= 0.6 is 21.6 Å². The van der Waals surface area contributed by atoms with Gasteiger partial charge in [-0.3, -0.25) is 20.2 Å². The summed E-state index contributed by atoms with van der Waals surface area (Å²) in [6.45, 7) is 0. The topological polar surface area (TPSA) is 127 Å². The van der Waals surface area contributed by atoms with Crippen LogP contribution in [-0.2, 0) is 0 Å². The number of hydrogen-bond donors (Lipinski definition) is 2. The van der Waals surface area contributed by atoms with Crippen LogP contribution in [0.15, 0.2) is 0 Å². The molecule has 0 aromatic carbocycles. The van der Waals surface area contributed by atoms with E-state index in [1.165, 1.54) is 21.6 Å². The molecule has 0 radical (unpaired) electrons. The Morgan fingerprint density at radius 2 is 1.14 bits per heavy atom. The van der Waals surface area contributed by atoms with Gasteiger partial charge in [0.1, 0.15) is 0 Å². The van der Waals surface area contributed by atoms with Crippen molar-refractivity contribution in [2.45, 2.75) is 73.3 Å². The first-order chi connectivity index (χ1) is 10.4. The van der Waals surface area contributed by atoms with E-state index in [-0.39, 0.29) is 33.2 Å². The molecule has 2 aliphatic rings. The third-order valence-corrected chi connectivity index (χ3v) is 7.82. The van der Waals surface area contributed by atoms with E-state index < -0.39 is 24.3 Å². The third kappa shape index (κ3) is 4.46. The van der Waals surface area contributed by atoms with Gasteiger partial charge >= 0.3 is 0 Å². The van der Waals surface area contributed by atoms with E-state index in [1.807, 2.05) is 0 Å². The van der Waals surface area contributed by atoms with Gasteiger partial charge in [-0.25, -0.2) is 0 Å². The predicted molar refractivity (Wildman–Crippen MR) is 84.0 cm³/mol. The Labute approximate surface area is 135 Å². The van der Waals surface area contributed by atoms with Gasteiger partial charge in [0.2, 0.25) is 12.1 Å². The number of nitrogens with zero attached hydrogens (tertiary/aromatic N) is 2. The predicted octanol–water partition coefficient (Wildman–Crippen LogP) is 1.49. The molecule has 2 N–H and O–H groups in total. The molecule has 2 saturated carbocycles. The quantitative estimate of drug-likeness (QED) is 0.433. The Bertz CT molecular complexity index is 388. The van der Waals surface area contributed by atoms with Crippen LogP contribution in [0.2, 0.25) is 0 Å². The Balaban J connectivity index is 1.92. The maximum Gasteiger partial charge on any atom is 0.228 e. The summed E-state index contributed by atoms with van der Waals surface area (Å²) in [7, 11) is 2.69. The molecule has 0 spiro atoms. The highest BCUT2D eigenvalue weighted by Gasteiger charge is 2.42. The fourth-order valence-electron chi connectivity index (χ4n) is 3.01. The minimum absolute atomic E-state index is 0.146. The van der Waals surface area contributed by atoms with Crippen molar-refractivity contribution in [2.75, 3.05) is 0 Å².